The lowest BCUT2D eigenvalue weighted by Crippen LogP contribution is -2.32. The number of rotatable bonds is 6. The summed E-state index contributed by atoms with van der Waals surface area (Å²) in [7, 11) is 0. The molecule has 2 aromatic carbocycles. The maximum absolute atomic E-state index is 12.7. The SMILES string of the molecule is CCN(C(=O)CSc1nncn1-c1ccc(C)cc1C)c1ccccc1. The highest BCUT2D eigenvalue weighted by Gasteiger charge is 2.16. The van der Waals surface area contributed by atoms with Crippen LogP contribution in [-0.4, -0.2) is 33.0 Å². The van der Waals surface area contributed by atoms with Crippen molar-refractivity contribution in [1.29, 1.82) is 0 Å². The maximum atomic E-state index is 12.7. The van der Waals surface area contributed by atoms with Crippen LogP contribution in [0.4, 0.5) is 5.69 Å². The van der Waals surface area contributed by atoms with E-state index in [9.17, 15) is 4.79 Å². The molecule has 1 aromatic heterocycles. The monoisotopic (exact) mass is 366 g/mol. The molecule has 0 saturated carbocycles. The number of aromatic nitrogens is 3. The largest absolute Gasteiger partial charge is 0.312 e. The summed E-state index contributed by atoms with van der Waals surface area (Å²) in [5, 5.41) is 8.94. The summed E-state index contributed by atoms with van der Waals surface area (Å²) >= 11 is 1.41. The number of aryl methyl sites for hydroxylation is 2. The standard InChI is InChI=1S/C20H22N4OS/c1-4-23(17-8-6-5-7-9-17)19(25)13-26-20-22-21-14-24(20)18-11-10-15(2)12-16(18)3/h5-12,14H,4,13H2,1-3H3. The first-order valence-electron chi connectivity index (χ1n) is 8.56. The summed E-state index contributed by atoms with van der Waals surface area (Å²) in [4.78, 5) is 14.5. The molecule has 0 aliphatic rings. The van der Waals surface area contributed by atoms with Crippen molar-refractivity contribution in [2.45, 2.75) is 25.9 Å². The number of hydrogen-bond acceptors (Lipinski definition) is 4. The lowest BCUT2D eigenvalue weighted by atomic mass is 10.1. The molecule has 0 radical (unpaired) electrons. The third kappa shape index (κ3) is 3.96. The second kappa shape index (κ2) is 8.19. The van der Waals surface area contributed by atoms with Crippen LogP contribution in [-0.2, 0) is 4.79 Å². The molecular weight excluding hydrogens is 344 g/mol. The lowest BCUT2D eigenvalue weighted by Gasteiger charge is -2.20. The number of nitrogens with zero attached hydrogens (tertiary/aromatic N) is 4. The van der Waals surface area contributed by atoms with Crippen LogP contribution in [0.25, 0.3) is 5.69 Å². The van der Waals surface area contributed by atoms with Crippen molar-refractivity contribution >= 4 is 23.4 Å². The molecule has 0 N–H and O–H groups in total. The predicted molar refractivity (Wildman–Crippen MR) is 106 cm³/mol. The van der Waals surface area contributed by atoms with Crippen LogP contribution in [0.15, 0.2) is 60.0 Å². The summed E-state index contributed by atoms with van der Waals surface area (Å²) in [6, 6.07) is 16.0. The molecule has 6 heteroatoms. The van der Waals surface area contributed by atoms with Crippen molar-refractivity contribution in [3.8, 4) is 5.69 Å². The fourth-order valence-corrected chi connectivity index (χ4v) is 3.68. The molecule has 26 heavy (non-hydrogen) atoms. The van der Waals surface area contributed by atoms with Gasteiger partial charge >= 0.3 is 0 Å². The Morgan fingerprint density at radius 2 is 1.92 bits per heavy atom. The summed E-state index contributed by atoms with van der Waals surface area (Å²) in [6.45, 7) is 6.75. The minimum Gasteiger partial charge on any atom is -0.312 e. The van der Waals surface area contributed by atoms with Gasteiger partial charge < -0.3 is 4.90 Å². The van der Waals surface area contributed by atoms with Crippen LogP contribution in [0.5, 0.6) is 0 Å². The number of benzene rings is 2. The van der Waals surface area contributed by atoms with Crippen molar-refractivity contribution in [3.63, 3.8) is 0 Å². The zero-order chi connectivity index (χ0) is 18.5. The molecule has 5 nitrogen and oxygen atoms in total. The molecule has 1 amide bonds. The second-order valence-electron chi connectivity index (χ2n) is 6.04. The average molecular weight is 366 g/mol. The van der Waals surface area contributed by atoms with Gasteiger partial charge in [-0.3, -0.25) is 9.36 Å². The third-order valence-electron chi connectivity index (χ3n) is 4.14. The molecule has 0 saturated heterocycles. The van der Waals surface area contributed by atoms with Gasteiger partial charge in [0.1, 0.15) is 6.33 Å². The fourth-order valence-electron chi connectivity index (χ4n) is 2.88. The summed E-state index contributed by atoms with van der Waals surface area (Å²) < 4.78 is 1.94. The molecular formula is C20H22N4OS. The highest BCUT2D eigenvalue weighted by atomic mass is 32.2. The molecule has 0 aliphatic heterocycles. The van der Waals surface area contributed by atoms with Crippen LogP contribution in [0.3, 0.4) is 0 Å². The first-order valence-corrected chi connectivity index (χ1v) is 9.54. The molecule has 0 fully saturated rings. The summed E-state index contributed by atoms with van der Waals surface area (Å²) in [5.41, 5.74) is 4.31. The Bertz CT molecular complexity index is 892. The zero-order valence-corrected chi connectivity index (χ0v) is 16.0. The van der Waals surface area contributed by atoms with Gasteiger partial charge in [-0.25, -0.2) is 0 Å². The molecule has 0 spiro atoms. The Morgan fingerprint density at radius 3 is 2.62 bits per heavy atom. The van der Waals surface area contributed by atoms with Crippen LogP contribution >= 0.6 is 11.8 Å². The van der Waals surface area contributed by atoms with E-state index in [0.717, 1.165) is 22.1 Å². The number of carbonyl (C=O) groups is 1. The fraction of sp³-hybridized carbons (Fsp3) is 0.250. The Hall–Kier alpha value is -2.60. The third-order valence-corrected chi connectivity index (χ3v) is 5.07. The minimum absolute atomic E-state index is 0.0545. The van der Waals surface area contributed by atoms with Gasteiger partial charge in [-0.1, -0.05) is 47.7 Å². The number of hydrogen-bond donors (Lipinski definition) is 0. The van der Waals surface area contributed by atoms with E-state index >= 15 is 0 Å². The minimum atomic E-state index is 0.0545. The van der Waals surface area contributed by atoms with Crippen LogP contribution in [0, 0.1) is 13.8 Å². The van der Waals surface area contributed by atoms with E-state index in [0.29, 0.717) is 12.3 Å². The molecule has 0 bridgehead atoms. The van der Waals surface area contributed by atoms with Crippen LogP contribution in [0.1, 0.15) is 18.1 Å². The zero-order valence-electron chi connectivity index (χ0n) is 15.2. The lowest BCUT2D eigenvalue weighted by molar-refractivity contribution is -0.116. The van der Waals surface area contributed by atoms with Gasteiger partial charge in [-0.2, -0.15) is 0 Å². The molecule has 0 atom stereocenters. The molecule has 0 aliphatic carbocycles. The molecule has 0 unspecified atom stereocenters. The van der Waals surface area contributed by atoms with Gasteiger partial charge in [0.2, 0.25) is 5.91 Å². The Morgan fingerprint density at radius 1 is 1.15 bits per heavy atom. The predicted octanol–water partition coefficient (Wildman–Crippen LogP) is 4.03. The Balaban J connectivity index is 1.75. The van der Waals surface area contributed by atoms with Gasteiger partial charge in [-0.15, -0.1) is 10.2 Å². The highest BCUT2D eigenvalue weighted by molar-refractivity contribution is 7.99. The molecule has 3 aromatic rings. The summed E-state index contributed by atoms with van der Waals surface area (Å²) in [5.74, 6) is 0.366. The summed E-state index contributed by atoms with van der Waals surface area (Å²) in [6.07, 6.45) is 1.69. The molecule has 3 rings (SSSR count). The van der Waals surface area contributed by atoms with Crippen LogP contribution in [0.2, 0.25) is 0 Å². The van der Waals surface area contributed by atoms with Crippen molar-refractivity contribution in [1.82, 2.24) is 14.8 Å². The van der Waals surface area contributed by atoms with Crippen molar-refractivity contribution in [3.05, 3.63) is 66.0 Å². The smallest absolute Gasteiger partial charge is 0.237 e. The second-order valence-corrected chi connectivity index (χ2v) is 6.98. The van der Waals surface area contributed by atoms with E-state index in [-0.39, 0.29) is 5.91 Å². The average Bonchev–Trinajstić information content (AvgIpc) is 3.10. The quantitative estimate of drug-likeness (QED) is 0.618. The first kappa shape index (κ1) is 18.2. The van der Waals surface area contributed by atoms with E-state index < -0.39 is 0 Å². The van der Waals surface area contributed by atoms with E-state index in [4.69, 9.17) is 0 Å². The van der Waals surface area contributed by atoms with E-state index in [1.165, 1.54) is 17.3 Å². The van der Waals surface area contributed by atoms with Gasteiger partial charge in [0.25, 0.3) is 0 Å². The van der Waals surface area contributed by atoms with Gasteiger partial charge in [0.05, 0.1) is 11.4 Å². The van der Waals surface area contributed by atoms with E-state index in [2.05, 4.69) is 42.2 Å². The number of carbonyl (C=O) groups excluding carboxylic acids is 1. The molecule has 134 valence electrons. The van der Waals surface area contributed by atoms with Crippen LogP contribution < -0.4 is 4.90 Å². The van der Waals surface area contributed by atoms with Crippen molar-refractivity contribution < 1.29 is 4.79 Å². The normalized spacial score (nSPS) is 10.7. The Labute approximate surface area is 158 Å². The number of thioether (sulfide) groups is 1. The first-order chi connectivity index (χ1) is 12.6. The number of anilines is 1. The van der Waals surface area contributed by atoms with Gasteiger partial charge in [0, 0.05) is 12.2 Å². The highest BCUT2D eigenvalue weighted by Crippen LogP contribution is 2.23. The maximum Gasteiger partial charge on any atom is 0.237 e. The topological polar surface area (TPSA) is 51.0 Å². The number of para-hydroxylation sites is 1. The van der Waals surface area contributed by atoms with Crippen molar-refractivity contribution in [2.24, 2.45) is 0 Å². The van der Waals surface area contributed by atoms with E-state index in [1.807, 2.05) is 41.8 Å². The van der Waals surface area contributed by atoms with Crippen molar-refractivity contribution in [2.75, 3.05) is 17.2 Å². The van der Waals surface area contributed by atoms with Gasteiger partial charge in [-0.05, 0) is 44.5 Å². The Kier molecular flexibility index (Phi) is 5.73. The molecule has 1 heterocycles. The van der Waals surface area contributed by atoms with Gasteiger partial charge in [0.15, 0.2) is 5.16 Å². The number of amides is 1. The van der Waals surface area contributed by atoms with E-state index in [1.54, 1.807) is 11.2 Å².